The zero-order valence-corrected chi connectivity index (χ0v) is 14.9. The summed E-state index contributed by atoms with van der Waals surface area (Å²) < 4.78 is 0. The number of carbonyl (C=O) groups excluding carboxylic acids is 1. The molecule has 1 aromatic heterocycles. The van der Waals surface area contributed by atoms with Crippen LogP contribution in [0.25, 0.3) is 0 Å². The van der Waals surface area contributed by atoms with Gasteiger partial charge in [0.1, 0.15) is 0 Å². The Hall–Kier alpha value is -1.65. The average molecular weight is 318 g/mol. The van der Waals surface area contributed by atoms with Crippen molar-refractivity contribution in [1.82, 2.24) is 15.3 Å². The predicted molar refractivity (Wildman–Crippen MR) is 93.5 cm³/mol. The van der Waals surface area contributed by atoms with Crippen LogP contribution in [0.3, 0.4) is 0 Å². The number of rotatable bonds is 4. The summed E-state index contributed by atoms with van der Waals surface area (Å²) in [6.45, 7) is 9.87. The number of hydrogen-bond donors (Lipinski definition) is 1. The van der Waals surface area contributed by atoms with Crippen molar-refractivity contribution in [3.05, 3.63) is 17.5 Å². The standard InChI is InChI=1S/C18H30N4O/c1-13(2)17(23)20-14(3)16-12-19-18(21-15(16)4)22-10-8-6-5-7-9-11-22/h12-14H,5-11H2,1-4H3,(H,20,23)/t14-/m0/s1. The van der Waals surface area contributed by atoms with Gasteiger partial charge >= 0.3 is 0 Å². The van der Waals surface area contributed by atoms with Crippen LogP contribution in [-0.4, -0.2) is 29.0 Å². The van der Waals surface area contributed by atoms with Crippen LogP contribution >= 0.6 is 0 Å². The number of nitrogens with one attached hydrogen (secondary N) is 1. The Balaban J connectivity index is 2.08. The van der Waals surface area contributed by atoms with E-state index in [-0.39, 0.29) is 17.9 Å². The molecular formula is C18H30N4O. The van der Waals surface area contributed by atoms with E-state index in [2.05, 4.69) is 15.2 Å². The Kier molecular flexibility index (Phi) is 6.37. The monoisotopic (exact) mass is 318 g/mol. The minimum absolute atomic E-state index is 0.0148. The zero-order valence-electron chi connectivity index (χ0n) is 14.9. The summed E-state index contributed by atoms with van der Waals surface area (Å²) in [4.78, 5) is 23.4. The second kappa shape index (κ2) is 8.27. The molecule has 2 rings (SSSR count). The minimum Gasteiger partial charge on any atom is -0.349 e. The third kappa shape index (κ3) is 4.91. The number of aromatic nitrogens is 2. The molecule has 1 amide bonds. The summed E-state index contributed by atoms with van der Waals surface area (Å²) in [5, 5.41) is 3.02. The molecule has 2 heterocycles. The summed E-state index contributed by atoms with van der Waals surface area (Å²) >= 11 is 0. The van der Waals surface area contributed by atoms with Gasteiger partial charge in [0, 0.05) is 36.5 Å². The summed E-state index contributed by atoms with van der Waals surface area (Å²) in [6.07, 6.45) is 8.25. The Bertz CT molecular complexity index is 522. The molecule has 5 heteroatoms. The molecule has 23 heavy (non-hydrogen) atoms. The second-order valence-corrected chi connectivity index (χ2v) is 6.85. The maximum absolute atomic E-state index is 11.9. The molecule has 1 fully saturated rings. The predicted octanol–water partition coefficient (Wildman–Crippen LogP) is 3.39. The minimum atomic E-state index is -0.0636. The summed E-state index contributed by atoms with van der Waals surface area (Å²) in [5.74, 6) is 0.874. The maximum Gasteiger partial charge on any atom is 0.225 e. The molecule has 0 radical (unpaired) electrons. The van der Waals surface area contributed by atoms with Gasteiger partial charge in [0.15, 0.2) is 0 Å². The highest BCUT2D eigenvalue weighted by atomic mass is 16.1. The molecule has 1 atom stereocenters. The first-order valence-electron chi connectivity index (χ1n) is 8.88. The van der Waals surface area contributed by atoms with E-state index in [1.165, 1.54) is 32.1 Å². The van der Waals surface area contributed by atoms with Gasteiger partial charge in [-0.2, -0.15) is 0 Å². The van der Waals surface area contributed by atoms with Crippen molar-refractivity contribution in [1.29, 1.82) is 0 Å². The number of aryl methyl sites for hydroxylation is 1. The van der Waals surface area contributed by atoms with Crippen molar-refractivity contribution in [2.45, 2.75) is 65.8 Å². The first-order chi connectivity index (χ1) is 11.0. The Morgan fingerprint density at radius 3 is 2.30 bits per heavy atom. The van der Waals surface area contributed by atoms with Gasteiger partial charge in [0.05, 0.1) is 6.04 Å². The first kappa shape index (κ1) is 17.7. The molecule has 1 aliphatic heterocycles. The molecule has 0 spiro atoms. The lowest BCUT2D eigenvalue weighted by atomic mass is 10.1. The van der Waals surface area contributed by atoms with Gasteiger partial charge in [-0.3, -0.25) is 4.79 Å². The third-order valence-corrected chi connectivity index (χ3v) is 4.49. The summed E-state index contributed by atoms with van der Waals surface area (Å²) in [7, 11) is 0. The third-order valence-electron chi connectivity index (χ3n) is 4.49. The van der Waals surface area contributed by atoms with Gasteiger partial charge in [-0.1, -0.05) is 33.1 Å². The van der Waals surface area contributed by atoms with Crippen LogP contribution < -0.4 is 10.2 Å². The van der Waals surface area contributed by atoms with Crippen molar-refractivity contribution in [3.8, 4) is 0 Å². The van der Waals surface area contributed by atoms with E-state index in [4.69, 9.17) is 4.98 Å². The maximum atomic E-state index is 11.9. The molecule has 1 saturated heterocycles. The zero-order chi connectivity index (χ0) is 16.8. The fourth-order valence-electron chi connectivity index (χ4n) is 2.95. The molecule has 0 unspecified atom stereocenters. The average Bonchev–Trinajstić information content (AvgIpc) is 2.46. The largest absolute Gasteiger partial charge is 0.349 e. The topological polar surface area (TPSA) is 58.1 Å². The van der Waals surface area contributed by atoms with Crippen molar-refractivity contribution in [2.24, 2.45) is 5.92 Å². The fraction of sp³-hybridized carbons (Fsp3) is 0.722. The van der Waals surface area contributed by atoms with Crippen LogP contribution in [-0.2, 0) is 4.79 Å². The van der Waals surface area contributed by atoms with Gasteiger partial charge in [-0.05, 0) is 26.7 Å². The van der Waals surface area contributed by atoms with Crippen LogP contribution in [0.4, 0.5) is 5.95 Å². The lowest BCUT2D eigenvalue weighted by Crippen LogP contribution is -2.32. The molecule has 0 saturated carbocycles. The molecule has 5 nitrogen and oxygen atoms in total. The van der Waals surface area contributed by atoms with Crippen LogP contribution in [0.5, 0.6) is 0 Å². The molecule has 1 aromatic rings. The van der Waals surface area contributed by atoms with Crippen molar-refractivity contribution in [2.75, 3.05) is 18.0 Å². The van der Waals surface area contributed by atoms with Gasteiger partial charge in [-0.15, -0.1) is 0 Å². The lowest BCUT2D eigenvalue weighted by Gasteiger charge is -2.26. The Morgan fingerprint density at radius 1 is 1.13 bits per heavy atom. The normalized spacial score (nSPS) is 17.5. The molecule has 0 aromatic carbocycles. The highest BCUT2D eigenvalue weighted by molar-refractivity contribution is 5.78. The first-order valence-corrected chi connectivity index (χ1v) is 8.88. The number of anilines is 1. The van der Waals surface area contributed by atoms with E-state index >= 15 is 0 Å². The van der Waals surface area contributed by atoms with E-state index < -0.39 is 0 Å². The number of carbonyl (C=O) groups is 1. The number of amides is 1. The molecule has 1 N–H and O–H groups in total. The van der Waals surface area contributed by atoms with Crippen LogP contribution in [0.15, 0.2) is 6.20 Å². The lowest BCUT2D eigenvalue weighted by molar-refractivity contribution is -0.124. The molecule has 1 aliphatic rings. The SMILES string of the molecule is Cc1nc(N2CCCCCCC2)ncc1[C@H](C)NC(=O)C(C)C. The number of hydrogen-bond acceptors (Lipinski definition) is 4. The van der Waals surface area contributed by atoms with Gasteiger partial charge in [0.25, 0.3) is 0 Å². The summed E-state index contributed by atoms with van der Waals surface area (Å²) in [5.41, 5.74) is 1.95. The Morgan fingerprint density at radius 2 is 1.74 bits per heavy atom. The van der Waals surface area contributed by atoms with Gasteiger partial charge in [-0.25, -0.2) is 9.97 Å². The molecular weight excluding hydrogens is 288 g/mol. The van der Waals surface area contributed by atoms with Crippen LogP contribution in [0.1, 0.15) is 70.2 Å². The Labute approximate surface area is 139 Å². The van der Waals surface area contributed by atoms with Crippen molar-refractivity contribution < 1.29 is 4.79 Å². The summed E-state index contributed by atoms with van der Waals surface area (Å²) in [6, 6.07) is -0.0636. The van der Waals surface area contributed by atoms with E-state index in [0.29, 0.717) is 0 Å². The van der Waals surface area contributed by atoms with Crippen molar-refractivity contribution in [3.63, 3.8) is 0 Å². The smallest absolute Gasteiger partial charge is 0.225 e. The highest BCUT2D eigenvalue weighted by Crippen LogP contribution is 2.20. The van der Waals surface area contributed by atoms with E-state index in [0.717, 1.165) is 30.3 Å². The second-order valence-electron chi connectivity index (χ2n) is 6.85. The van der Waals surface area contributed by atoms with Crippen molar-refractivity contribution >= 4 is 11.9 Å². The fourth-order valence-corrected chi connectivity index (χ4v) is 2.95. The van der Waals surface area contributed by atoms with Gasteiger partial charge < -0.3 is 10.2 Å². The van der Waals surface area contributed by atoms with Gasteiger partial charge in [0.2, 0.25) is 11.9 Å². The van der Waals surface area contributed by atoms with Crippen LogP contribution in [0.2, 0.25) is 0 Å². The molecule has 128 valence electrons. The highest BCUT2D eigenvalue weighted by Gasteiger charge is 2.17. The van der Waals surface area contributed by atoms with E-state index in [1.807, 2.05) is 33.9 Å². The molecule has 0 bridgehead atoms. The van der Waals surface area contributed by atoms with E-state index in [9.17, 15) is 4.79 Å². The molecule has 0 aliphatic carbocycles. The van der Waals surface area contributed by atoms with Crippen LogP contribution in [0, 0.1) is 12.8 Å². The number of nitrogens with zero attached hydrogens (tertiary/aromatic N) is 3. The quantitative estimate of drug-likeness (QED) is 0.924. The van der Waals surface area contributed by atoms with E-state index in [1.54, 1.807) is 0 Å².